The van der Waals surface area contributed by atoms with Gasteiger partial charge in [-0.25, -0.2) is 0 Å². The zero-order valence-corrected chi connectivity index (χ0v) is 14.7. The molecule has 1 heterocycles. The molecule has 4 heteroatoms. The molecule has 1 N–H and O–H groups in total. The minimum atomic E-state index is -0.159. The number of hydrogen-bond acceptors (Lipinski definition) is 3. The number of rotatable bonds is 8. The van der Waals surface area contributed by atoms with Crippen LogP contribution in [0.3, 0.4) is 0 Å². The Morgan fingerprint density at radius 2 is 2.00 bits per heavy atom. The monoisotopic (exact) mass is 297 g/mol. The fraction of sp³-hybridized carbons (Fsp3) is 0.941. The molecule has 1 saturated heterocycles. The normalized spacial score (nSPS) is 22.8. The Balaban J connectivity index is 2.83. The predicted octanol–water partition coefficient (Wildman–Crippen LogP) is 2.20. The maximum Gasteiger partial charge on any atom is 0.230 e. The molecule has 0 aromatic heterocycles. The third-order valence-electron chi connectivity index (χ3n) is 4.34. The van der Waals surface area contributed by atoms with E-state index in [1.54, 1.807) is 0 Å². The van der Waals surface area contributed by atoms with Crippen LogP contribution in [-0.2, 0) is 4.79 Å². The van der Waals surface area contributed by atoms with E-state index in [4.69, 9.17) is 0 Å². The number of hydrogen-bond donors (Lipinski definition) is 1. The van der Waals surface area contributed by atoms with Crippen molar-refractivity contribution in [2.75, 3.05) is 46.8 Å². The summed E-state index contributed by atoms with van der Waals surface area (Å²) in [5.74, 6) is 0.901. The van der Waals surface area contributed by atoms with Crippen LogP contribution in [0.15, 0.2) is 0 Å². The minimum Gasteiger partial charge on any atom is -0.341 e. The predicted molar refractivity (Wildman–Crippen MR) is 89.4 cm³/mol. The SMILES string of the molecule is CCCC1(C(=O)N(CCN(C)C)CC(C)C)CCCNC1. The summed E-state index contributed by atoms with van der Waals surface area (Å²) in [5, 5.41) is 3.46. The first-order valence-corrected chi connectivity index (χ1v) is 8.56. The second kappa shape index (κ2) is 8.74. The molecule has 1 atom stereocenters. The van der Waals surface area contributed by atoms with Crippen molar-refractivity contribution in [1.29, 1.82) is 0 Å². The summed E-state index contributed by atoms with van der Waals surface area (Å²) in [5.41, 5.74) is -0.159. The maximum absolute atomic E-state index is 13.2. The Bertz CT molecular complexity index is 304. The first-order chi connectivity index (χ1) is 9.91. The molecule has 0 radical (unpaired) electrons. The van der Waals surface area contributed by atoms with Gasteiger partial charge in [-0.15, -0.1) is 0 Å². The van der Waals surface area contributed by atoms with Crippen molar-refractivity contribution in [2.24, 2.45) is 11.3 Å². The van der Waals surface area contributed by atoms with Crippen LogP contribution in [-0.4, -0.2) is 62.5 Å². The molecule has 0 aromatic carbocycles. The summed E-state index contributed by atoms with van der Waals surface area (Å²) in [6.45, 7) is 11.2. The zero-order valence-electron chi connectivity index (χ0n) is 14.7. The molecule has 124 valence electrons. The third-order valence-corrected chi connectivity index (χ3v) is 4.34. The molecule has 0 aliphatic carbocycles. The number of amides is 1. The quantitative estimate of drug-likeness (QED) is 0.746. The second-order valence-corrected chi connectivity index (χ2v) is 7.26. The van der Waals surface area contributed by atoms with Crippen molar-refractivity contribution in [3.8, 4) is 0 Å². The summed E-state index contributed by atoms with van der Waals surface area (Å²) < 4.78 is 0. The lowest BCUT2D eigenvalue weighted by Crippen LogP contribution is -2.53. The molecular weight excluding hydrogens is 262 g/mol. The van der Waals surface area contributed by atoms with Crippen molar-refractivity contribution in [2.45, 2.75) is 46.5 Å². The molecule has 1 rings (SSSR count). The van der Waals surface area contributed by atoms with Crippen LogP contribution in [0.4, 0.5) is 0 Å². The lowest BCUT2D eigenvalue weighted by molar-refractivity contribution is -0.144. The third kappa shape index (κ3) is 5.59. The van der Waals surface area contributed by atoms with Gasteiger partial charge in [0.15, 0.2) is 0 Å². The first-order valence-electron chi connectivity index (χ1n) is 8.56. The molecule has 0 saturated carbocycles. The van der Waals surface area contributed by atoms with Gasteiger partial charge in [0, 0.05) is 26.2 Å². The molecule has 1 amide bonds. The van der Waals surface area contributed by atoms with Gasteiger partial charge in [0.25, 0.3) is 0 Å². The highest BCUT2D eigenvalue weighted by molar-refractivity contribution is 5.83. The largest absolute Gasteiger partial charge is 0.341 e. The Labute approximate surface area is 131 Å². The summed E-state index contributed by atoms with van der Waals surface area (Å²) in [6, 6.07) is 0. The number of carbonyl (C=O) groups excluding carboxylic acids is 1. The number of nitrogens with one attached hydrogen (secondary N) is 1. The van der Waals surface area contributed by atoms with Crippen molar-refractivity contribution >= 4 is 5.91 Å². The van der Waals surface area contributed by atoms with Crippen LogP contribution in [0.1, 0.15) is 46.5 Å². The van der Waals surface area contributed by atoms with E-state index >= 15 is 0 Å². The van der Waals surface area contributed by atoms with Gasteiger partial charge in [-0.2, -0.15) is 0 Å². The van der Waals surface area contributed by atoms with Gasteiger partial charge in [-0.05, 0) is 45.8 Å². The van der Waals surface area contributed by atoms with Crippen LogP contribution >= 0.6 is 0 Å². The van der Waals surface area contributed by atoms with Crippen LogP contribution in [0.5, 0.6) is 0 Å². The van der Waals surface area contributed by atoms with Crippen molar-refractivity contribution in [3.63, 3.8) is 0 Å². The lowest BCUT2D eigenvalue weighted by atomic mass is 9.75. The van der Waals surface area contributed by atoms with Gasteiger partial charge in [0.05, 0.1) is 5.41 Å². The molecule has 4 nitrogen and oxygen atoms in total. The fourth-order valence-electron chi connectivity index (χ4n) is 3.32. The molecular formula is C17H35N3O. The summed E-state index contributed by atoms with van der Waals surface area (Å²) >= 11 is 0. The molecule has 21 heavy (non-hydrogen) atoms. The van der Waals surface area contributed by atoms with E-state index in [1.165, 1.54) is 0 Å². The zero-order chi connectivity index (χ0) is 15.9. The Hall–Kier alpha value is -0.610. The minimum absolute atomic E-state index is 0.159. The van der Waals surface area contributed by atoms with Gasteiger partial charge in [-0.1, -0.05) is 27.2 Å². The number of carbonyl (C=O) groups is 1. The Morgan fingerprint density at radius 1 is 1.29 bits per heavy atom. The Kier molecular flexibility index (Phi) is 7.67. The summed E-state index contributed by atoms with van der Waals surface area (Å²) in [6.07, 6.45) is 4.25. The summed E-state index contributed by atoms with van der Waals surface area (Å²) in [4.78, 5) is 17.5. The van der Waals surface area contributed by atoms with Crippen molar-refractivity contribution in [3.05, 3.63) is 0 Å². The number of piperidine rings is 1. The van der Waals surface area contributed by atoms with E-state index < -0.39 is 0 Å². The van der Waals surface area contributed by atoms with Gasteiger partial charge < -0.3 is 15.1 Å². The first kappa shape index (κ1) is 18.4. The number of likely N-dealkylation sites (N-methyl/N-ethyl adjacent to an activating group) is 1. The van der Waals surface area contributed by atoms with E-state index in [9.17, 15) is 4.79 Å². The average Bonchev–Trinajstić information content (AvgIpc) is 2.43. The Morgan fingerprint density at radius 3 is 2.48 bits per heavy atom. The van der Waals surface area contributed by atoms with E-state index in [0.29, 0.717) is 11.8 Å². The highest BCUT2D eigenvalue weighted by Crippen LogP contribution is 2.34. The molecule has 1 aliphatic heterocycles. The molecule has 0 spiro atoms. The van der Waals surface area contributed by atoms with E-state index in [1.807, 2.05) is 0 Å². The standard InChI is InChI=1S/C17H35N3O/c1-6-8-17(9-7-10-18-14-17)16(21)20(13-15(2)3)12-11-19(4)5/h15,18H,6-14H2,1-5H3. The lowest BCUT2D eigenvalue weighted by Gasteiger charge is -2.41. The van der Waals surface area contributed by atoms with Gasteiger partial charge in [0.2, 0.25) is 5.91 Å². The van der Waals surface area contributed by atoms with Crippen LogP contribution in [0.2, 0.25) is 0 Å². The number of nitrogens with zero attached hydrogens (tertiary/aromatic N) is 2. The average molecular weight is 297 g/mol. The molecule has 1 aliphatic rings. The van der Waals surface area contributed by atoms with Gasteiger partial charge >= 0.3 is 0 Å². The van der Waals surface area contributed by atoms with E-state index in [0.717, 1.165) is 58.4 Å². The molecule has 0 bridgehead atoms. The molecule has 0 aromatic rings. The fourth-order valence-corrected chi connectivity index (χ4v) is 3.32. The highest BCUT2D eigenvalue weighted by Gasteiger charge is 2.41. The molecule has 1 fully saturated rings. The maximum atomic E-state index is 13.2. The highest BCUT2D eigenvalue weighted by atomic mass is 16.2. The van der Waals surface area contributed by atoms with Crippen LogP contribution < -0.4 is 5.32 Å². The van der Waals surface area contributed by atoms with Gasteiger partial charge in [-0.3, -0.25) is 4.79 Å². The van der Waals surface area contributed by atoms with Gasteiger partial charge in [0.1, 0.15) is 0 Å². The van der Waals surface area contributed by atoms with Crippen LogP contribution in [0.25, 0.3) is 0 Å². The topological polar surface area (TPSA) is 35.6 Å². The summed E-state index contributed by atoms with van der Waals surface area (Å²) in [7, 11) is 4.14. The van der Waals surface area contributed by atoms with Crippen molar-refractivity contribution in [1.82, 2.24) is 15.1 Å². The second-order valence-electron chi connectivity index (χ2n) is 7.26. The smallest absolute Gasteiger partial charge is 0.230 e. The van der Waals surface area contributed by atoms with Crippen LogP contribution in [0, 0.1) is 11.3 Å². The molecule has 1 unspecified atom stereocenters. The van der Waals surface area contributed by atoms with E-state index in [2.05, 4.69) is 50.0 Å². The van der Waals surface area contributed by atoms with Crippen molar-refractivity contribution < 1.29 is 4.79 Å². The van der Waals surface area contributed by atoms with E-state index in [-0.39, 0.29) is 5.41 Å².